The number of ether oxygens (including phenoxy) is 1. The van der Waals surface area contributed by atoms with E-state index in [1.54, 1.807) is 0 Å². The van der Waals surface area contributed by atoms with E-state index in [0.29, 0.717) is 24.1 Å². The largest absolute Gasteiger partial charge is 0.478 e. The molecule has 35 heavy (non-hydrogen) atoms. The first kappa shape index (κ1) is 24.5. The molecule has 3 saturated heterocycles. The number of hydrogen-bond donors (Lipinski definition) is 3. The van der Waals surface area contributed by atoms with Crippen molar-refractivity contribution in [3.63, 3.8) is 0 Å². The summed E-state index contributed by atoms with van der Waals surface area (Å²) >= 11 is 0. The van der Waals surface area contributed by atoms with Crippen LogP contribution in [0.1, 0.15) is 35.6 Å². The van der Waals surface area contributed by atoms with Crippen molar-refractivity contribution < 1.29 is 24.5 Å². The maximum atomic E-state index is 9.55. The van der Waals surface area contributed by atoms with E-state index in [1.807, 2.05) is 0 Å². The van der Waals surface area contributed by atoms with Crippen molar-refractivity contribution in [2.75, 3.05) is 26.2 Å². The number of hydrogen-bond acceptors (Lipinski definition) is 5. The minimum Gasteiger partial charge on any atom is -0.478 e. The smallest absolute Gasteiger partial charge is 0.328 e. The molecule has 3 fully saturated rings. The van der Waals surface area contributed by atoms with E-state index in [4.69, 9.17) is 20.4 Å². The first-order valence-electron chi connectivity index (χ1n) is 11.9. The lowest BCUT2D eigenvalue weighted by molar-refractivity contribution is -0.134. The quantitative estimate of drug-likeness (QED) is 0.351. The Labute approximate surface area is 204 Å². The SMILES string of the molecule is N=C(OC1CN2CCC1CC2)N1CCc2ccccc2C1c1ccccc1.O=C(O)/C=C\C(=O)O. The summed E-state index contributed by atoms with van der Waals surface area (Å²) in [7, 11) is 0. The molecule has 0 aliphatic carbocycles. The van der Waals surface area contributed by atoms with Crippen LogP contribution in [0.3, 0.4) is 0 Å². The van der Waals surface area contributed by atoms with Gasteiger partial charge in [-0.1, -0.05) is 54.6 Å². The van der Waals surface area contributed by atoms with E-state index in [9.17, 15) is 9.59 Å². The molecule has 8 heteroatoms. The number of carboxylic acids is 2. The summed E-state index contributed by atoms with van der Waals surface area (Å²) in [6.45, 7) is 4.20. The fraction of sp³-hybridized carbons (Fsp3) is 0.370. The first-order chi connectivity index (χ1) is 16.9. The van der Waals surface area contributed by atoms with Crippen LogP contribution in [0.2, 0.25) is 0 Å². The van der Waals surface area contributed by atoms with Crippen LogP contribution >= 0.6 is 0 Å². The van der Waals surface area contributed by atoms with Gasteiger partial charge in [-0.15, -0.1) is 0 Å². The van der Waals surface area contributed by atoms with Gasteiger partial charge in [0.15, 0.2) is 0 Å². The Bertz CT molecular complexity index is 1060. The molecule has 0 amide bonds. The third kappa shape index (κ3) is 6.08. The van der Waals surface area contributed by atoms with Crippen LogP contribution < -0.4 is 0 Å². The molecule has 3 N–H and O–H groups in total. The molecule has 2 aromatic carbocycles. The van der Waals surface area contributed by atoms with Crippen molar-refractivity contribution in [1.82, 2.24) is 9.80 Å². The van der Waals surface area contributed by atoms with Crippen molar-refractivity contribution >= 4 is 18.0 Å². The summed E-state index contributed by atoms with van der Waals surface area (Å²) in [5, 5.41) is 24.4. The number of rotatable bonds is 4. The summed E-state index contributed by atoms with van der Waals surface area (Å²) in [6.07, 6.45) is 4.68. The molecule has 184 valence electrons. The summed E-state index contributed by atoms with van der Waals surface area (Å²) in [5.41, 5.74) is 3.92. The zero-order valence-corrected chi connectivity index (χ0v) is 19.5. The number of nitrogens with zero attached hydrogens (tertiary/aromatic N) is 2. The number of nitrogens with one attached hydrogen (secondary N) is 1. The second-order valence-corrected chi connectivity index (χ2v) is 9.06. The molecule has 2 atom stereocenters. The Morgan fingerprint density at radius 1 is 0.914 bits per heavy atom. The minimum absolute atomic E-state index is 0.0599. The maximum absolute atomic E-state index is 9.55. The fourth-order valence-electron chi connectivity index (χ4n) is 5.18. The monoisotopic (exact) mass is 477 g/mol. The van der Waals surface area contributed by atoms with Crippen LogP contribution in [0.25, 0.3) is 0 Å². The molecule has 0 spiro atoms. The number of amidine groups is 1. The van der Waals surface area contributed by atoms with Gasteiger partial charge in [-0.3, -0.25) is 10.3 Å². The van der Waals surface area contributed by atoms with E-state index >= 15 is 0 Å². The molecule has 2 bridgehead atoms. The van der Waals surface area contributed by atoms with Crippen molar-refractivity contribution in [3.8, 4) is 0 Å². The number of piperidine rings is 3. The van der Waals surface area contributed by atoms with Gasteiger partial charge in [-0.2, -0.15) is 0 Å². The van der Waals surface area contributed by atoms with Crippen LogP contribution in [0, 0.1) is 11.3 Å². The van der Waals surface area contributed by atoms with Crippen LogP contribution in [0.5, 0.6) is 0 Å². The summed E-state index contributed by atoms with van der Waals surface area (Å²) < 4.78 is 6.30. The molecular weight excluding hydrogens is 446 g/mol. The van der Waals surface area contributed by atoms with Gasteiger partial charge in [0.2, 0.25) is 0 Å². The van der Waals surface area contributed by atoms with Gasteiger partial charge < -0.3 is 19.8 Å². The van der Waals surface area contributed by atoms with E-state index in [-0.39, 0.29) is 12.1 Å². The molecule has 4 aliphatic heterocycles. The van der Waals surface area contributed by atoms with Crippen molar-refractivity contribution in [1.29, 1.82) is 5.41 Å². The van der Waals surface area contributed by atoms with E-state index < -0.39 is 11.9 Å². The predicted molar refractivity (Wildman–Crippen MR) is 131 cm³/mol. The van der Waals surface area contributed by atoms with Gasteiger partial charge in [0, 0.05) is 25.2 Å². The molecule has 2 unspecified atom stereocenters. The lowest BCUT2D eigenvalue weighted by Crippen LogP contribution is -2.53. The van der Waals surface area contributed by atoms with Crippen LogP contribution in [0.4, 0.5) is 0 Å². The topological polar surface area (TPSA) is 114 Å². The third-order valence-electron chi connectivity index (χ3n) is 6.89. The number of carbonyl (C=O) groups is 2. The third-order valence-corrected chi connectivity index (χ3v) is 6.89. The Morgan fingerprint density at radius 2 is 1.54 bits per heavy atom. The molecule has 4 heterocycles. The minimum atomic E-state index is -1.26. The molecule has 0 radical (unpaired) electrons. The molecule has 8 nitrogen and oxygen atoms in total. The Hall–Kier alpha value is -3.65. The lowest BCUT2D eigenvalue weighted by atomic mass is 9.86. The normalized spacial score (nSPS) is 24.7. The number of benzene rings is 2. The molecule has 0 saturated carbocycles. The highest BCUT2D eigenvalue weighted by Gasteiger charge is 2.38. The van der Waals surface area contributed by atoms with Gasteiger partial charge in [0.1, 0.15) is 6.10 Å². The Kier molecular flexibility index (Phi) is 7.82. The molecule has 0 aromatic heterocycles. The Balaban J connectivity index is 0.000000314. The van der Waals surface area contributed by atoms with E-state index in [1.165, 1.54) is 42.6 Å². The summed E-state index contributed by atoms with van der Waals surface area (Å²) in [5.74, 6) is -1.90. The average molecular weight is 478 g/mol. The lowest BCUT2D eigenvalue weighted by Gasteiger charge is -2.46. The second-order valence-electron chi connectivity index (χ2n) is 9.06. The van der Waals surface area contributed by atoms with Gasteiger partial charge in [0.05, 0.1) is 6.04 Å². The standard InChI is InChI=1S/C23H27N3O.C4H4O4/c24-23(27-21-16-25-13-10-18(21)11-14-25)26-15-12-17-6-4-5-9-20(17)22(26)19-7-2-1-3-8-19;5-3(6)1-2-4(7)8/h1-9,18,21-22,24H,10-16H2;1-2H,(H,5,6)(H,7,8)/b;2-1-. The highest BCUT2D eigenvalue weighted by Crippen LogP contribution is 2.36. The summed E-state index contributed by atoms with van der Waals surface area (Å²) in [4.78, 5) is 23.8. The Morgan fingerprint density at radius 3 is 2.14 bits per heavy atom. The average Bonchev–Trinajstić information content (AvgIpc) is 2.88. The van der Waals surface area contributed by atoms with Crippen molar-refractivity contribution in [2.24, 2.45) is 5.92 Å². The van der Waals surface area contributed by atoms with E-state index in [0.717, 1.165) is 19.5 Å². The van der Waals surface area contributed by atoms with Gasteiger partial charge in [-0.25, -0.2) is 9.59 Å². The van der Waals surface area contributed by atoms with Crippen molar-refractivity contribution in [2.45, 2.75) is 31.4 Å². The van der Waals surface area contributed by atoms with Crippen molar-refractivity contribution in [3.05, 3.63) is 83.4 Å². The molecule has 2 aromatic rings. The van der Waals surface area contributed by atoms with Crippen LogP contribution in [-0.2, 0) is 20.7 Å². The highest BCUT2D eigenvalue weighted by molar-refractivity contribution is 5.89. The van der Waals surface area contributed by atoms with Gasteiger partial charge in [-0.05, 0) is 55.0 Å². The van der Waals surface area contributed by atoms with E-state index in [2.05, 4.69) is 64.4 Å². The zero-order chi connectivity index (χ0) is 24.8. The number of aliphatic carboxylic acids is 2. The fourth-order valence-corrected chi connectivity index (χ4v) is 5.18. The number of carboxylic acid groups (broad SMARTS) is 2. The highest BCUT2D eigenvalue weighted by atomic mass is 16.5. The maximum Gasteiger partial charge on any atom is 0.328 e. The summed E-state index contributed by atoms with van der Waals surface area (Å²) in [6, 6.07) is 19.6. The van der Waals surface area contributed by atoms with Gasteiger partial charge in [0.25, 0.3) is 6.02 Å². The molecule has 6 rings (SSSR count). The number of fused-ring (bicyclic) bond motifs is 4. The first-order valence-corrected chi connectivity index (χ1v) is 11.9. The second kappa shape index (κ2) is 11.2. The van der Waals surface area contributed by atoms with Crippen LogP contribution in [0.15, 0.2) is 66.7 Å². The predicted octanol–water partition coefficient (Wildman–Crippen LogP) is 3.39. The zero-order valence-electron chi connectivity index (χ0n) is 19.5. The van der Waals surface area contributed by atoms with Crippen LogP contribution in [-0.4, -0.2) is 70.3 Å². The van der Waals surface area contributed by atoms with Gasteiger partial charge >= 0.3 is 11.9 Å². The molecular formula is C27H31N3O5. The molecule has 4 aliphatic rings.